The summed E-state index contributed by atoms with van der Waals surface area (Å²) in [6.45, 7) is 12.5. The highest BCUT2D eigenvalue weighted by Gasteiger charge is 2.27. The van der Waals surface area contributed by atoms with Crippen LogP contribution in [-0.4, -0.2) is 18.0 Å². The Balaban J connectivity index is 1.70. The minimum absolute atomic E-state index is 0.274. The van der Waals surface area contributed by atoms with Crippen LogP contribution in [0, 0.1) is 0 Å². The van der Waals surface area contributed by atoms with E-state index in [1.54, 1.807) is 19.4 Å². The Morgan fingerprint density at radius 2 is 1.43 bits per heavy atom. The minimum Gasteiger partial charge on any atom is -0.464 e. The Morgan fingerprint density at radius 1 is 0.775 bits per heavy atom. The number of fused-ring (bicyclic) bond motifs is 2. The van der Waals surface area contributed by atoms with Gasteiger partial charge in [-0.05, 0) is 88.8 Å². The van der Waals surface area contributed by atoms with E-state index in [0.717, 1.165) is 38.6 Å². The zero-order chi connectivity index (χ0) is 28.2. The van der Waals surface area contributed by atoms with E-state index < -0.39 is 8.41 Å². The molecule has 0 aliphatic carbocycles. The zero-order valence-corrected chi connectivity index (χ0v) is 25.0. The molecule has 2 aromatic heterocycles. The lowest BCUT2D eigenvalue weighted by Gasteiger charge is -2.24. The zero-order valence-electron chi connectivity index (χ0n) is 24.0. The molecule has 40 heavy (non-hydrogen) atoms. The standard InChI is InChI=1S/C35H35FN2OSi/c1-22(2)27-18-25(24-12-8-7-9-13-24)19-28(23(3)4)34(27)38-32-15-11-10-14-31(32)37-35(38)30-21-39-33-17-16-26(20-29(30)33)40(5,6)36/h7-23H,1-6H3. The van der Waals surface area contributed by atoms with Gasteiger partial charge in [0.05, 0.1) is 22.3 Å². The molecule has 6 rings (SSSR count). The number of imidazole rings is 1. The van der Waals surface area contributed by atoms with Crippen LogP contribution in [0.2, 0.25) is 13.1 Å². The van der Waals surface area contributed by atoms with Crippen LogP contribution in [0.25, 0.3) is 50.2 Å². The summed E-state index contributed by atoms with van der Waals surface area (Å²) in [5, 5.41) is 1.65. The predicted octanol–water partition coefficient (Wildman–Crippen LogP) is 9.73. The largest absolute Gasteiger partial charge is 0.464 e. The first-order chi connectivity index (χ1) is 19.1. The number of para-hydroxylation sites is 2. The van der Waals surface area contributed by atoms with Crippen molar-refractivity contribution in [2.24, 2.45) is 0 Å². The van der Waals surface area contributed by atoms with Crippen molar-refractivity contribution in [3.05, 3.63) is 102 Å². The van der Waals surface area contributed by atoms with Crippen LogP contribution >= 0.6 is 0 Å². The number of hydrogen-bond donors (Lipinski definition) is 0. The van der Waals surface area contributed by atoms with Crippen LogP contribution < -0.4 is 5.19 Å². The maximum Gasteiger partial charge on any atom is 0.271 e. The summed E-state index contributed by atoms with van der Waals surface area (Å²) in [5.41, 5.74) is 9.70. The number of furan rings is 1. The highest BCUT2D eigenvalue weighted by Crippen LogP contribution is 2.41. The number of hydrogen-bond acceptors (Lipinski definition) is 2. The Labute approximate surface area is 236 Å². The first-order valence-corrected chi connectivity index (χ1v) is 16.9. The molecule has 0 fully saturated rings. The van der Waals surface area contributed by atoms with Gasteiger partial charge in [0.2, 0.25) is 0 Å². The SMILES string of the molecule is CC(C)c1cc(-c2ccccc2)cc(C(C)C)c1-n1c(-c2coc3ccc([Si](C)(C)F)cc23)nc2ccccc21. The van der Waals surface area contributed by atoms with Gasteiger partial charge in [0.1, 0.15) is 17.7 Å². The van der Waals surface area contributed by atoms with Crippen molar-refractivity contribution in [2.45, 2.75) is 52.6 Å². The maximum absolute atomic E-state index is 15.1. The minimum atomic E-state index is -3.01. The molecule has 2 heterocycles. The summed E-state index contributed by atoms with van der Waals surface area (Å²) in [4.78, 5) is 5.18. The molecule has 0 aliphatic heterocycles. The van der Waals surface area contributed by atoms with E-state index in [1.165, 1.54) is 27.9 Å². The third kappa shape index (κ3) is 4.48. The van der Waals surface area contributed by atoms with Gasteiger partial charge in [0.25, 0.3) is 8.41 Å². The fourth-order valence-corrected chi connectivity index (χ4v) is 6.59. The molecule has 0 amide bonds. The van der Waals surface area contributed by atoms with Gasteiger partial charge < -0.3 is 8.52 Å². The van der Waals surface area contributed by atoms with Crippen molar-refractivity contribution < 1.29 is 8.52 Å². The second-order valence-corrected chi connectivity index (χ2v) is 15.3. The van der Waals surface area contributed by atoms with E-state index in [0.29, 0.717) is 0 Å². The van der Waals surface area contributed by atoms with Gasteiger partial charge >= 0.3 is 0 Å². The third-order valence-corrected chi connectivity index (χ3v) is 9.49. The molecule has 3 nitrogen and oxygen atoms in total. The van der Waals surface area contributed by atoms with Gasteiger partial charge in [-0.3, -0.25) is 4.57 Å². The van der Waals surface area contributed by atoms with Crippen molar-refractivity contribution in [3.8, 4) is 28.2 Å². The average molecular weight is 547 g/mol. The second kappa shape index (κ2) is 9.90. The van der Waals surface area contributed by atoms with Crippen LogP contribution in [0.4, 0.5) is 4.11 Å². The molecule has 0 aliphatic rings. The van der Waals surface area contributed by atoms with Crippen molar-refractivity contribution in [1.29, 1.82) is 0 Å². The Hall–Kier alpha value is -3.96. The fourth-order valence-electron chi connectivity index (χ4n) is 5.62. The molecule has 202 valence electrons. The molecule has 6 aromatic rings. The van der Waals surface area contributed by atoms with Gasteiger partial charge in [0.15, 0.2) is 0 Å². The molecule has 5 heteroatoms. The molecule has 0 spiro atoms. The van der Waals surface area contributed by atoms with Crippen LogP contribution in [0.1, 0.15) is 50.7 Å². The highest BCUT2D eigenvalue weighted by atomic mass is 28.4. The molecule has 0 N–H and O–H groups in total. The van der Waals surface area contributed by atoms with Gasteiger partial charge in [-0.15, -0.1) is 0 Å². The molecular weight excluding hydrogens is 511 g/mol. The Bertz CT molecular complexity index is 1810. The Kier molecular flexibility index (Phi) is 6.50. The normalized spacial score (nSPS) is 12.3. The number of rotatable bonds is 6. The summed E-state index contributed by atoms with van der Waals surface area (Å²) >= 11 is 0. The first-order valence-electron chi connectivity index (χ1n) is 14.1. The van der Waals surface area contributed by atoms with E-state index in [4.69, 9.17) is 9.40 Å². The monoisotopic (exact) mass is 546 g/mol. The number of halogens is 1. The quantitative estimate of drug-likeness (QED) is 0.154. The maximum atomic E-state index is 15.1. The van der Waals surface area contributed by atoms with Gasteiger partial charge in [-0.2, -0.15) is 0 Å². The summed E-state index contributed by atoms with van der Waals surface area (Å²) < 4.78 is 23.5. The van der Waals surface area contributed by atoms with Crippen LogP contribution in [0.5, 0.6) is 0 Å². The summed E-state index contributed by atoms with van der Waals surface area (Å²) in [7, 11) is -3.01. The predicted molar refractivity (Wildman–Crippen MR) is 168 cm³/mol. The molecular formula is C35H35FN2OSi. The van der Waals surface area contributed by atoms with Crippen LogP contribution in [0.3, 0.4) is 0 Å². The lowest BCUT2D eigenvalue weighted by molar-refractivity contribution is 0.616. The van der Waals surface area contributed by atoms with E-state index in [1.807, 2.05) is 24.3 Å². The molecule has 0 unspecified atom stereocenters. The van der Waals surface area contributed by atoms with Gasteiger partial charge in [-0.1, -0.05) is 76.2 Å². The van der Waals surface area contributed by atoms with E-state index >= 15 is 4.11 Å². The number of benzene rings is 4. The highest BCUT2D eigenvalue weighted by molar-refractivity contribution is 6.84. The third-order valence-electron chi connectivity index (χ3n) is 7.81. The number of aromatic nitrogens is 2. The molecule has 4 aromatic carbocycles. The van der Waals surface area contributed by atoms with Crippen molar-refractivity contribution >= 4 is 35.6 Å². The number of nitrogens with zero attached hydrogens (tertiary/aromatic N) is 2. The molecule has 0 atom stereocenters. The lowest BCUT2D eigenvalue weighted by atomic mass is 9.88. The van der Waals surface area contributed by atoms with Crippen LogP contribution in [-0.2, 0) is 0 Å². The Morgan fingerprint density at radius 3 is 2.08 bits per heavy atom. The summed E-state index contributed by atoms with van der Waals surface area (Å²) in [5.74, 6) is 1.36. The van der Waals surface area contributed by atoms with Crippen molar-refractivity contribution in [1.82, 2.24) is 9.55 Å². The van der Waals surface area contributed by atoms with Gasteiger partial charge in [-0.25, -0.2) is 4.98 Å². The topological polar surface area (TPSA) is 31.0 Å². The summed E-state index contributed by atoms with van der Waals surface area (Å²) in [6.07, 6.45) is 1.78. The smallest absolute Gasteiger partial charge is 0.271 e. The van der Waals surface area contributed by atoms with Crippen LogP contribution in [0.15, 0.2) is 95.6 Å². The summed E-state index contributed by atoms with van der Waals surface area (Å²) in [6, 6.07) is 29.3. The molecule has 0 bridgehead atoms. The van der Waals surface area contributed by atoms with Crippen molar-refractivity contribution in [3.63, 3.8) is 0 Å². The molecule has 0 radical (unpaired) electrons. The first kappa shape index (κ1) is 26.3. The fraction of sp³-hybridized carbons (Fsp3) is 0.229. The molecule has 0 saturated heterocycles. The van der Waals surface area contributed by atoms with Gasteiger partial charge in [0, 0.05) is 5.39 Å². The van der Waals surface area contributed by atoms with Crippen molar-refractivity contribution in [2.75, 3.05) is 0 Å². The molecule has 0 saturated carbocycles. The lowest BCUT2D eigenvalue weighted by Crippen LogP contribution is -2.36. The second-order valence-electron chi connectivity index (χ2n) is 11.8. The van der Waals surface area contributed by atoms with E-state index in [-0.39, 0.29) is 11.8 Å². The van der Waals surface area contributed by atoms with E-state index in [2.05, 4.69) is 92.9 Å². The van der Waals surface area contributed by atoms with E-state index in [9.17, 15) is 0 Å². The average Bonchev–Trinajstić information content (AvgIpc) is 3.53.